The minimum Gasteiger partial charge on any atom is -0.509 e. The molecule has 0 saturated heterocycles. The van der Waals surface area contributed by atoms with Crippen LogP contribution in [-0.4, -0.2) is 10.2 Å². The molecule has 0 amide bonds. The molecule has 2 heteroatoms. The molecular weight excluding hydrogens is 140 g/mol. The summed E-state index contributed by atoms with van der Waals surface area (Å²) in [6.07, 6.45) is 3.95. The van der Waals surface area contributed by atoms with Crippen molar-refractivity contribution in [2.24, 2.45) is 0 Å². The van der Waals surface area contributed by atoms with E-state index in [2.05, 4.69) is 6.58 Å². The predicted molar refractivity (Wildman–Crippen MR) is 46.5 cm³/mol. The molecule has 0 aromatic rings. The summed E-state index contributed by atoms with van der Waals surface area (Å²) < 4.78 is 0. The number of aliphatic hydroxyl groups excluding tert-OH is 2. The lowest BCUT2D eigenvalue weighted by Crippen LogP contribution is -1.81. The molecule has 0 unspecified atom stereocenters. The monoisotopic (exact) mass is 154 g/mol. The van der Waals surface area contributed by atoms with Crippen LogP contribution in [-0.2, 0) is 0 Å². The van der Waals surface area contributed by atoms with Crippen molar-refractivity contribution >= 4 is 0 Å². The van der Waals surface area contributed by atoms with E-state index in [1.54, 1.807) is 6.08 Å². The normalized spacial score (nSPS) is 13.3. The minimum atomic E-state index is -0.111. The van der Waals surface area contributed by atoms with Gasteiger partial charge in [0.25, 0.3) is 0 Å². The van der Waals surface area contributed by atoms with Crippen molar-refractivity contribution in [3.63, 3.8) is 0 Å². The Hall–Kier alpha value is -1.18. The van der Waals surface area contributed by atoms with Gasteiger partial charge in [0.15, 0.2) is 5.76 Å². The summed E-state index contributed by atoms with van der Waals surface area (Å²) in [5.74, 6) is -0.190. The highest BCUT2D eigenvalue weighted by Crippen LogP contribution is 2.03. The second-order valence-electron chi connectivity index (χ2n) is 2.32. The lowest BCUT2D eigenvalue weighted by atomic mass is 10.2. The van der Waals surface area contributed by atoms with Gasteiger partial charge in [-0.15, -0.1) is 0 Å². The van der Waals surface area contributed by atoms with Gasteiger partial charge in [0.1, 0.15) is 5.76 Å². The number of hydrogen-bond acceptors (Lipinski definition) is 2. The van der Waals surface area contributed by atoms with Crippen molar-refractivity contribution in [2.75, 3.05) is 0 Å². The Labute approximate surface area is 67.2 Å². The Morgan fingerprint density at radius 2 is 1.91 bits per heavy atom. The molecule has 2 N–H and O–H groups in total. The Balaban J connectivity index is 4.15. The smallest absolute Gasteiger partial charge is 0.152 e. The number of rotatable bonds is 3. The summed E-state index contributed by atoms with van der Waals surface area (Å²) in [7, 11) is 0. The highest BCUT2D eigenvalue weighted by atomic mass is 16.3. The zero-order valence-corrected chi connectivity index (χ0v) is 6.96. The maximum absolute atomic E-state index is 8.97. The van der Waals surface area contributed by atoms with E-state index in [0.717, 1.165) is 12.0 Å². The first-order valence-electron chi connectivity index (χ1n) is 3.52. The molecular formula is C9H14O2. The third-order valence-corrected chi connectivity index (χ3v) is 1.30. The highest BCUT2D eigenvalue weighted by Gasteiger charge is 1.90. The van der Waals surface area contributed by atoms with Gasteiger partial charge in [-0.05, 0) is 19.4 Å². The summed E-state index contributed by atoms with van der Waals surface area (Å²) in [4.78, 5) is 0. The molecule has 0 spiro atoms. The quantitative estimate of drug-likeness (QED) is 0.484. The first-order valence-corrected chi connectivity index (χ1v) is 3.52. The van der Waals surface area contributed by atoms with Crippen LogP contribution in [0.25, 0.3) is 0 Å². The van der Waals surface area contributed by atoms with Gasteiger partial charge < -0.3 is 10.2 Å². The average molecular weight is 154 g/mol. The molecule has 11 heavy (non-hydrogen) atoms. The fourth-order valence-corrected chi connectivity index (χ4v) is 0.435. The summed E-state index contributed by atoms with van der Waals surface area (Å²) in [6.45, 7) is 7.10. The first-order chi connectivity index (χ1) is 5.07. The lowest BCUT2D eigenvalue weighted by molar-refractivity contribution is 0.340. The molecule has 0 aliphatic rings. The highest BCUT2D eigenvalue weighted by molar-refractivity contribution is 5.22. The maximum atomic E-state index is 8.97. The molecule has 0 aromatic carbocycles. The van der Waals surface area contributed by atoms with E-state index in [4.69, 9.17) is 10.2 Å². The summed E-state index contributed by atoms with van der Waals surface area (Å²) in [5, 5.41) is 17.7. The molecule has 0 aliphatic heterocycles. The fourth-order valence-electron chi connectivity index (χ4n) is 0.435. The third-order valence-electron chi connectivity index (χ3n) is 1.30. The predicted octanol–water partition coefficient (Wildman–Crippen LogP) is 2.86. The van der Waals surface area contributed by atoms with E-state index in [9.17, 15) is 0 Å². The van der Waals surface area contributed by atoms with E-state index in [1.165, 1.54) is 13.0 Å². The maximum Gasteiger partial charge on any atom is 0.152 e. The van der Waals surface area contributed by atoms with E-state index >= 15 is 0 Å². The molecule has 0 heterocycles. The van der Waals surface area contributed by atoms with E-state index in [0.29, 0.717) is 0 Å². The number of hydrogen-bond donors (Lipinski definition) is 2. The number of aliphatic hydroxyl groups is 2. The molecule has 62 valence electrons. The van der Waals surface area contributed by atoms with Gasteiger partial charge in [-0.1, -0.05) is 25.2 Å². The standard InChI is InChI=1S/C9H14O2/c1-4-7(2)5-6-9(11)8(3)10/h5-6,10-11H,2,4H2,1,3H3/b6-5-,9-8-. The third kappa shape index (κ3) is 4.25. The van der Waals surface area contributed by atoms with E-state index in [-0.39, 0.29) is 11.5 Å². The topological polar surface area (TPSA) is 40.5 Å². The SMILES string of the molecule is C=C(/C=C\C(O)=C(/C)O)CC. The zero-order chi connectivity index (χ0) is 8.85. The average Bonchev–Trinajstić information content (AvgIpc) is 1.99. The fraction of sp³-hybridized carbons (Fsp3) is 0.333. The van der Waals surface area contributed by atoms with Gasteiger partial charge in [0, 0.05) is 0 Å². The molecule has 0 aromatic heterocycles. The van der Waals surface area contributed by atoms with Crippen LogP contribution in [0, 0.1) is 0 Å². The Bertz CT molecular complexity index is 196. The molecule has 0 aliphatic carbocycles. The van der Waals surface area contributed by atoms with Crippen LogP contribution in [0.3, 0.4) is 0 Å². The van der Waals surface area contributed by atoms with Crippen molar-refractivity contribution in [3.05, 3.63) is 35.8 Å². The Kier molecular flexibility index (Phi) is 4.11. The van der Waals surface area contributed by atoms with Crippen LogP contribution >= 0.6 is 0 Å². The van der Waals surface area contributed by atoms with Crippen LogP contribution in [0.2, 0.25) is 0 Å². The summed E-state index contributed by atoms with van der Waals surface area (Å²) in [5.41, 5.74) is 0.915. The van der Waals surface area contributed by atoms with Gasteiger partial charge >= 0.3 is 0 Å². The molecule has 2 nitrogen and oxygen atoms in total. The zero-order valence-electron chi connectivity index (χ0n) is 6.96. The van der Waals surface area contributed by atoms with Crippen molar-refractivity contribution < 1.29 is 10.2 Å². The first kappa shape index (κ1) is 9.82. The minimum absolute atomic E-state index is 0.0786. The number of allylic oxidation sites excluding steroid dienone is 4. The second-order valence-corrected chi connectivity index (χ2v) is 2.32. The molecule has 0 radical (unpaired) electrons. The van der Waals surface area contributed by atoms with Crippen molar-refractivity contribution in [1.29, 1.82) is 0 Å². The van der Waals surface area contributed by atoms with Gasteiger partial charge in [0.2, 0.25) is 0 Å². The largest absolute Gasteiger partial charge is 0.509 e. The van der Waals surface area contributed by atoms with Crippen LogP contribution in [0.15, 0.2) is 35.8 Å². The summed E-state index contributed by atoms with van der Waals surface area (Å²) in [6, 6.07) is 0. The Morgan fingerprint density at radius 1 is 1.36 bits per heavy atom. The van der Waals surface area contributed by atoms with Gasteiger partial charge in [-0.25, -0.2) is 0 Å². The molecule has 0 rings (SSSR count). The lowest BCUT2D eigenvalue weighted by Gasteiger charge is -1.94. The van der Waals surface area contributed by atoms with E-state index < -0.39 is 0 Å². The molecule has 0 bridgehead atoms. The van der Waals surface area contributed by atoms with Gasteiger partial charge in [0.05, 0.1) is 0 Å². The molecule has 0 atom stereocenters. The molecule has 0 saturated carbocycles. The van der Waals surface area contributed by atoms with Crippen LogP contribution in [0.4, 0.5) is 0 Å². The van der Waals surface area contributed by atoms with E-state index in [1.807, 2.05) is 6.92 Å². The Morgan fingerprint density at radius 3 is 2.27 bits per heavy atom. The van der Waals surface area contributed by atoms with Crippen molar-refractivity contribution in [3.8, 4) is 0 Å². The van der Waals surface area contributed by atoms with Gasteiger partial charge in [-0.2, -0.15) is 0 Å². The van der Waals surface area contributed by atoms with Crippen molar-refractivity contribution in [2.45, 2.75) is 20.3 Å². The second kappa shape index (κ2) is 4.61. The van der Waals surface area contributed by atoms with Crippen LogP contribution in [0.1, 0.15) is 20.3 Å². The van der Waals surface area contributed by atoms with Crippen LogP contribution < -0.4 is 0 Å². The van der Waals surface area contributed by atoms with Gasteiger partial charge in [-0.3, -0.25) is 0 Å². The van der Waals surface area contributed by atoms with Crippen molar-refractivity contribution in [1.82, 2.24) is 0 Å². The van der Waals surface area contributed by atoms with Crippen LogP contribution in [0.5, 0.6) is 0 Å². The molecule has 0 fully saturated rings. The summed E-state index contributed by atoms with van der Waals surface area (Å²) >= 11 is 0.